The summed E-state index contributed by atoms with van der Waals surface area (Å²) in [6.45, 7) is 2.91. The predicted molar refractivity (Wildman–Crippen MR) is 64.6 cm³/mol. The molecule has 0 atom stereocenters. The van der Waals surface area contributed by atoms with Crippen molar-refractivity contribution in [1.29, 1.82) is 0 Å². The van der Waals surface area contributed by atoms with Gasteiger partial charge < -0.3 is 4.57 Å². The van der Waals surface area contributed by atoms with Crippen LogP contribution in [0.4, 0.5) is 0 Å². The Labute approximate surface area is 100 Å². The molecule has 0 unspecified atom stereocenters. The van der Waals surface area contributed by atoms with E-state index in [1.54, 1.807) is 12.4 Å². The molecule has 0 aliphatic rings. The van der Waals surface area contributed by atoms with E-state index in [0.717, 1.165) is 30.8 Å². The molecule has 2 heterocycles. The number of rotatable bonds is 4. The first kappa shape index (κ1) is 11.1. The van der Waals surface area contributed by atoms with Gasteiger partial charge in [0.15, 0.2) is 0 Å². The van der Waals surface area contributed by atoms with Crippen LogP contribution in [0.5, 0.6) is 0 Å². The molecule has 0 spiro atoms. The molecule has 0 saturated carbocycles. The van der Waals surface area contributed by atoms with E-state index in [4.69, 9.17) is 11.6 Å². The highest BCUT2D eigenvalue weighted by Crippen LogP contribution is 2.15. The largest absolute Gasteiger partial charge is 0.330 e. The van der Waals surface area contributed by atoms with Crippen LogP contribution in [0.1, 0.15) is 24.7 Å². The number of aromatic nitrogens is 3. The number of pyridine rings is 1. The maximum absolute atomic E-state index is 6.07. The van der Waals surface area contributed by atoms with Crippen molar-refractivity contribution in [3.63, 3.8) is 0 Å². The maximum atomic E-state index is 6.07. The van der Waals surface area contributed by atoms with Crippen LogP contribution in [0.15, 0.2) is 30.9 Å². The Bertz CT molecular complexity index is 465. The molecule has 2 rings (SSSR count). The standard InChI is InChI=1S/C12H14ClN3/c1-2-3-12-15-6-7-16(12)9-10-4-5-14-8-11(10)13/h4-8H,2-3,9H2,1H3. The van der Waals surface area contributed by atoms with Gasteiger partial charge in [0.1, 0.15) is 5.82 Å². The molecule has 2 aromatic heterocycles. The van der Waals surface area contributed by atoms with Crippen LogP contribution >= 0.6 is 11.6 Å². The molecule has 0 N–H and O–H groups in total. The highest BCUT2D eigenvalue weighted by molar-refractivity contribution is 6.31. The molecule has 4 heteroatoms. The van der Waals surface area contributed by atoms with E-state index in [-0.39, 0.29) is 0 Å². The summed E-state index contributed by atoms with van der Waals surface area (Å²) >= 11 is 6.07. The van der Waals surface area contributed by atoms with Crippen molar-refractivity contribution in [2.24, 2.45) is 0 Å². The van der Waals surface area contributed by atoms with E-state index in [1.807, 2.05) is 18.5 Å². The van der Waals surface area contributed by atoms with Gasteiger partial charge in [-0.2, -0.15) is 0 Å². The Balaban J connectivity index is 2.20. The first-order valence-electron chi connectivity index (χ1n) is 5.39. The number of hydrogen-bond donors (Lipinski definition) is 0. The Morgan fingerprint density at radius 3 is 3.00 bits per heavy atom. The molecule has 84 valence electrons. The second-order valence-electron chi connectivity index (χ2n) is 3.69. The molecular weight excluding hydrogens is 222 g/mol. The minimum atomic E-state index is 0.707. The number of hydrogen-bond acceptors (Lipinski definition) is 2. The van der Waals surface area contributed by atoms with Crippen LogP contribution in [0.3, 0.4) is 0 Å². The summed E-state index contributed by atoms with van der Waals surface area (Å²) in [6.07, 6.45) is 9.35. The van der Waals surface area contributed by atoms with Crippen molar-refractivity contribution in [3.05, 3.63) is 47.3 Å². The van der Waals surface area contributed by atoms with Gasteiger partial charge in [0.05, 0.1) is 11.6 Å². The molecule has 0 aromatic carbocycles. The van der Waals surface area contributed by atoms with Gasteiger partial charge in [-0.05, 0) is 18.1 Å². The number of aryl methyl sites for hydroxylation is 1. The summed E-state index contributed by atoms with van der Waals surface area (Å²) in [5.74, 6) is 1.11. The SMILES string of the molecule is CCCc1nccn1Cc1ccncc1Cl. The summed E-state index contributed by atoms with van der Waals surface area (Å²) < 4.78 is 2.13. The highest BCUT2D eigenvalue weighted by atomic mass is 35.5. The van der Waals surface area contributed by atoms with Gasteiger partial charge in [0, 0.05) is 31.2 Å². The van der Waals surface area contributed by atoms with Gasteiger partial charge in [0.25, 0.3) is 0 Å². The molecule has 2 aromatic rings. The van der Waals surface area contributed by atoms with Crippen LogP contribution in [-0.4, -0.2) is 14.5 Å². The van der Waals surface area contributed by atoms with Crippen molar-refractivity contribution in [1.82, 2.24) is 14.5 Å². The smallest absolute Gasteiger partial charge is 0.108 e. The van der Waals surface area contributed by atoms with Crippen molar-refractivity contribution < 1.29 is 0 Å². The minimum Gasteiger partial charge on any atom is -0.330 e. The average Bonchev–Trinajstić information content (AvgIpc) is 2.70. The number of nitrogens with zero attached hydrogens (tertiary/aromatic N) is 3. The zero-order chi connectivity index (χ0) is 11.4. The first-order valence-corrected chi connectivity index (χ1v) is 5.77. The van der Waals surface area contributed by atoms with Crippen LogP contribution in [0.2, 0.25) is 5.02 Å². The van der Waals surface area contributed by atoms with E-state index >= 15 is 0 Å². The fourth-order valence-electron chi connectivity index (χ4n) is 1.65. The minimum absolute atomic E-state index is 0.707. The van der Waals surface area contributed by atoms with Gasteiger partial charge in [-0.15, -0.1) is 0 Å². The average molecular weight is 236 g/mol. The van der Waals surface area contributed by atoms with Crippen molar-refractivity contribution in [3.8, 4) is 0 Å². The van der Waals surface area contributed by atoms with Crippen LogP contribution in [-0.2, 0) is 13.0 Å². The van der Waals surface area contributed by atoms with E-state index in [1.165, 1.54) is 0 Å². The third-order valence-electron chi connectivity index (χ3n) is 2.47. The lowest BCUT2D eigenvalue weighted by molar-refractivity contribution is 0.704. The van der Waals surface area contributed by atoms with Crippen molar-refractivity contribution >= 4 is 11.6 Å². The second kappa shape index (κ2) is 5.12. The number of halogens is 1. The predicted octanol–water partition coefficient (Wildman–Crippen LogP) is 2.93. The molecule has 0 amide bonds. The Kier molecular flexibility index (Phi) is 3.57. The fourth-order valence-corrected chi connectivity index (χ4v) is 1.83. The molecule has 3 nitrogen and oxygen atoms in total. The summed E-state index contributed by atoms with van der Waals surface area (Å²) in [5.41, 5.74) is 1.08. The van der Waals surface area contributed by atoms with E-state index in [2.05, 4.69) is 21.5 Å². The zero-order valence-corrected chi connectivity index (χ0v) is 9.98. The normalized spacial score (nSPS) is 10.6. The van der Waals surface area contributed by atoms with E-state index in [0.29, 0.717) is 5.02 Å². The Hall–Kier alpha value is -1.35. The molecule has 0 bridgehead atoms. The van der Waals surface area contributed by atoms with Gasteiger partial charge >= 0.3 is 0 Å². The highest BCUT2D eigenvalue weighted by Gasteiger charge is 2.04. The molecule has 16 heavy (non-hydrogen) atoms. The van der Waals surface area contributed by atoms with E-state index < -0.39 is 0 Å². The lowest BCUT2D eigenvalue weighted by atomic mass is 10.2. The van der Waals surface area contributed by atoms with Crippen molar-refractivity contribution in [2.45, 2.75) is 26.3 Å². The van der Waals surface area contributed by atoms with Crippen LogP contribution in [0, 0.1) is 0 Å². The summed E-state index contributed by atoms with van der Waals surface area (Å²) in [6, 6.07) is 1.94. The lowest BCUT2D eigenvalue weighted by Gasteiger charge is -2.08. The summed E-state index contributed by atoms with van der Waals surface area (Å²) in [4.78, 5) is 8.31. The van der Waals surface area contributed by atoms with E-state index in [9.17, 15) is 0 Å². The summed E-state index contributed by atoms with van der Waals surface area (Å²) in [7, 11) is 0. The third kappa shape index (κ3) is 2.42. The third-order valence-corrected chi connectivity index (χ3v) is 2.81. The Morgan fingerprint density at radius 2 is 2.25 bits per heavy atom. The van der Waals surface area contributed by atoms with Crippen molar-refractivity contribution in [2.75, 3.05) is 0 Å². The van der Waals surface area contributed by atoms with Crippen LogP contribution in [0.25, 0.3) is 0 Å². The van der Waals surface area contributed by atoms with Gasteiger partial charge in [-0.3, -0.25) is 4.98 Å². The monoisotopic (exact) mass is 235 g/mol. The molecule has 0 saturated heterocycles. The number of imidazole rings is 1. The molecule has 0 aliphatic carbocycles. The van der Waals surface area contributed by atoms with Gasteiger partial charge in [-0.25, -0.2) is 4.98 Å². The molecule has 0 fully saturated rings. The van der Waals surface area contributed by atoms with Gasteiger partial charge in [0.2, 0.25) is 0 Å². The maximum Gasteiger partial charge on any atom is 0.108 e. The molecule has 0 aliphatic heterocycles. The first-order chi connectivity index (χ1) is 7.81. The molecular formula is C12H14ClN3. The second-order valence-corrected chi connectivity index (χ2v) is 4.10. The topological polar surface area (TPSA) is 30.7 Å². The fraction of sp³-hybridized carbons (Fsp3) is 0.333. The zero-order valence-electron chi connectivity index (χ0n) is 9.23. The Morgan fingerprint density at radius 1 is 1.38 bits per heavy atom. The molecule has 0 radical (unpaired) electrons. The lowest BCUT2D eigenvalue weighted by Crippen LogP contribution is -2.04. The summed E-state index contributed by atoms with van der Waals surface area (Å²) in [5, 5.41) is 0.707. The van der Waals surface area contributed by atoms with Gasteiger partial charge in [-0.1, -0.05) is 18.5 Å². The quantitative estimate of drug-likeness (QED) is 0.816. The van der Waals surface area contributed by atoms with Crippen LogP contribution < -0.4 is 0 Å².